The Kier molecular flexibility index (Phi) is 12.0. The summed E-state index contributed by atoms with van der Waals surface area (Å²) in [5, 5.41) is 0. The summed E-state index contributed by atoms with van der Waals surface area (Å²) in [6, 6.07) is 0. The van der Waals surface area contributed by atoms with Gasteiger partial charge in [-0.05, 0) is 197 Å². The minimum absolute atomic E-state index is 0.590. The molecule has 10 fully saturated rings. The quantitative estimate of drug-likeness (QED) is 0.265. The molecule has 0 saturated heterocycles. The molecule has 0 aliphatic heterocycles. The van der Waals surface area contributed by atoms with Crippen LogP contribution in [-0.4, -0.2) is 12.2 Å². The van der Waals surface area contributed by atoms with Crippen molar-refractivity contribution >= 4 is 0 Å². The first kappa shape index (κ1) is 37.2. The van der Waals surface area contributed by atoms with Crippen LogP contribution in [0.1, 0.15) is 218 Å². The molecule has 0 radical (unpaired) electrons. The maximum Gasteiger partial charge on any atom is 0.0579 e. The van der Waals surface area contributed by atoms with Crippen molar-refractivity contribution in [1.29, 1.82) is 0 Å². The highest BCUT2D eigenvalue weighted by atomic mass is 16.5. The summed E-state index contributed by atoms with van der Waals surface area (Å²) in [6.07, 6.45) is 53.8. The van der Waals surface area contributed by atoms with Crippen molar-refractivity contribution in [3.63, 3.8) is 0 Å². The molecule has 0 amide bonds. The van der Waals surface area contributed by atoms with Crippen LogP contribution in [0, 0.1) is 94.7 Å². The molecule has 8 unspecified atom stereocenters. The fraction of sp³-hybridized carbons (Fsp3) is 1.00. The molecular formula is C52H86O. The highest BCUT2D eigenvalue weighted by Gasteiger charge is 2.56. The largest absolute Gasteiger partial charge is 0.375 e. The number of hydrogen-bond acceptors (Lipinski definition) is 1. The Morgan fingerprint density at radius 1 is 0.189 bits per heavy atom. The van der Waals surface area contributed by atoms with Crippen LogP contribution in [0.15, 0.2) is 0 Å². The molecule has 0 heterocycles. The first-order chi connectivity index (χ1) is 26.3. The van der Waals surface area contributed by atoms with Gasteiger partial charge in [0.05, 0.1) is 12.2 Å². The zero-order valence-corrected chi connectivity index (χ0v) is 34.8. The Morgan fingerprint density at radius 3 is 0.642 bits per heavy atom. The van der Waals surface area contributed by atoms with Crippen LogP contribution in [0.4, 0.5) is 0 Å². The Hall–Kier alpha value is -0.0400. The molecule has 0 spiro atoms. The van der Waals surface area contributed by atoms with Gasteiger partial charge in [-0.15, -0.1) is 0 Å². The maximum absolute atomic E-state index is 7.22. The van der Waals surface area contributed by atoms with Gasteiger partial charge in [0.2, 0.25) is 0 Å². The van der Waals surface area contributed by atoms with Gasteiger partial charge in [0, 0.05) is 0 Å². The molecule has 10 aliphatic carbocycles. The van der Waals surface area contributed by atoms with Crippen molar-refractivity contribution in [3.05, 3.63) is 0 Å². The van der Waals surface area contributed by atoms with Crippen molar-refractivity contribution in [2.45, 2.75) is 231 Å². The number of hydrogen-bond donors (Lipinski definition) is 0. The van der Waals surface area contributed by atoms with Crippen LogP contribution >= 0.6 is 0 Å². The van der Waals surface area contributed by atoms with Gasteiger partial charge >= 0.3 is 0 Å². The molecule has 10 aliphatic rings. The molecule has 1 heteroatoms. The number of ether oxygens (including phenoxy) is 1. The van der Waals surface area contributed by atoms with E-state index in [1.807, 2.05) is 0 Å². The smallest absolute Gasteiger partial charge is 0.0579 e. The van der Waals surface area contributed by atoms with E-state index in [4.69, 9.17) is 4.74 Å². The lowest BCUT2D eigenvalue weighted by atomic mass is 9.45. The predicted octanol–water partition coefficient (Wildman–Crippen LogP) is 15.0. The van der Waals surface area contributed by atoms with E-state index in [1.54, 1.807) is 154 Å². The summed E-state index contributed by atoms with van der Waals surface area (Å²) in [4.78, 5) is 0. The fourth-order valence-corrected chi connectivity index (χ4v) is 19.2. The molecule has 0 bridgehead atoms. The first-order valence-corrected chi connectivity index (χ1v) is 26.0. The van der Waals surface area contributed by atoms with E-state index in [0.717, 1.165) is 94.7 Å². The van der Waals surface area contributed by atoms with Crippen molar-refractivity contribution < 1.29 is 4.74 Å². The zero-order valence-electron chi connectivity index (χ0n) is 34.8. The van der Waals surface area contributed by atoms with Crippen molar-refractivity contribution in [2.24, 2.45) is 94.7 Å². The van der Waals surface area contributed by atoms with Crippen molar-refractivity contribution in [1.82, 2.24) is 0 Å². The van der Waals surface area contributed by atoms with Crippen LogP contribution in [0.25, 0.3) is 0 Å². The third kappa shape index (κ3) is 7.45. The predicted molar refractivity (Wildman–Crippen MR) is 221 cm³/mol. The molecule has 10 rings (SSSR count). The lowest BCUT2D eigenvalue weighted by Crippen LogP contribution is -2.53. The number of rotatable bonds is 6. The Labute approximate surface area is 328 Å². The highest BCUT2D eigenvalue weighted by molar-refractivity contribution is 5.05. The topological polar surface area (TPSA) is 9.23 Å². The molecule has 0 aromatic heterocycles. The van der Waals surface area contributed by atoms with Gasteiger partial charge in [-0.1, -0.05) is 116 Å². The molecule has 10 saturated carbocycles. The lowest BCUT2D eigenvalue weighted by molar-refractivity contribution is -0.128. The summed E-state index contributed by atoms with van der Waals surface area (Å²) in [6.45, 7) is 0. The van der Waals surface area contributed by atoms with E-state index < -0.39 is 0 Å². The zero-order chi connectivity index (χ0) is 35.1. The van der Waals surface area contributed by atoms with E-state index in [-0.39, 0.29) is 0 Å². The summed E-state index contributed by atoms with van der Waals surface area (Å²) in [5.74, 6) is 17.5. The molecule has 0 N–H and O–H groups in total. The van der Waals surface area contributed by atoms with Crippen LogP contribution in [0.5, 0.6) is 0 Å². The van der Waals surface area contributed by atoms with Gasteiger partial charge in [0.15, 0.2) is 0 Å². The summed E-state index contributed by atoms with van der Waals surface area (Å²) >= 11 is 0. The van der Waals surface area contributed by atoms with Crippen molar-refractivity contribution in [3.8, 4) is 0 Å². The number of fused-ring (bicyclic) bond motifs is 4. The van der Waals surface area contributed by atoms with Gasteiger partial charge in [0.25, 0.3) is 0 Å². The van der Waals surface area contributed by atoms with Crippen LogP contribution < -0.4 is 0 Å². The normalized spacial score (nSPS) is 50.3. The monoisotopic (exact) mass is 727 g/mol. The average molecular weight is 727 g/mol. The second-order valence-electron chi connectivity index (χ2n) is 22.8. The van der Waals surface area contributed by atoms with E-state index in [0.29, 0.717) is 12.2 Å². The second kappa shape index (κ2) is 17.1. The Bertz CT molecular complexity index is 996. The average Bonchev–Trinajstić information content (AvgIpc) is 3.23. The molecule has 0 aromatic rings. The van der Waals surface area contributed by atoms with E-state index in [2.05, 4.69) is 0 Å². The Morgan fingerprint density at radius 2 is 0.396 bits per heavy atom. The third-order valence-corrected chi connectivity index (χ3v) is 20.8. The Balaban J connectivity index is 0.763. The van der Waals surface area contributed by atoms with E-state index in [1.165, 1.54) is 64.2 Å². The third-order valence-electron chi connectivity index (χ3n) is 20.8. The van der Waals surface area contributed by atoms with Crippen LogP contribution in [0.3, 0.4) is 0 Å². The van der Waals surface area contributed by atoms with Gasteiger partial charge in [-0.2, -0.15) is 0 Å². The van der Waals surface area contributed by atoms with Gasteiger partial charge in [0.1, 0.15) is 0 Å². The van der Waals surface area contributed by atoms with Crippen LogP contribution in [-0.2, 0) is 4.74 Å². The summed E-state index contributed by atoms with van der Waals surface area (Å²) < 4.78 is 7.22. The maximum atomic E-state index is 7.22. The van der Waals surface area contributed by atoms with Crippen LogP contribution in [0.2, 0.25) is 0 Å². The molecule has 53 heavy (non-hydrogen) atoms. The second-order valence-corrected chi connectivity index (χ2v) is 22.8. The SMILES string of the molecule is C1CCC(C2C3CCCCC3C(C3CCC(OC4CCC(C5C6CCCCC6C(C6CCCCC6)C6CCCCC65)CC4)CC3)C3CCCCC32)CC1. The van der Waals surface area contributed by atoms with Gasteiger partial charge < -0.3 is 4.74 Å². The fourth-order valence-electron chi connectivity index (χ4n) is 19.2. The van der Waals surface area contributed by atoms with Crippen molar-refractivity contribution in [2.75, 3.05) is 0 Å². The molecule has 300 valence electrons. The molecular weight excluding hydrogens is 641 g/mol. The van der Waals surface area contributed by atoms with E-state index >= 15 is 0 Å². The summed E-state index contributed by atoms with van der Waals surface area (Å²) in [5.41, 5.74) is 0. The first-order valence-electron chi connectivity index (χ1n) is 26.0. The standard InChI is InChI=1S/C52H86O/c1-3-15-35(16-4-1)49-41-19-7-11-23-45(41)51(46-24-12-8-20-42(46)49)37-27-31-39(32-28-37)53-40-33-29-38(30-34-40)52-47-25-13-9-21-43(47)50(36-17-5-2-6-18-36)44-22-10-14-26-48(44)52/h35-52H,1-34H2. The van der Waals surface area contributed by atoms with Gasteiger partial charge in [-0.25, -0.2) is 0 Å². The molecule has 1 nitrogen and oxygen atoms in total. The summed E-state index contributed by atoms with van der Waals surface area (Å²) in [7, 11) is 0. The minimum atomic E-state index is 0.590. The minimum Gasteiger partial charge on any atom is -0.375 e. The van der Waals surface area contributed by atoms with E-state index in [9.17, 15) is 0 Å². The molecule has 8 atom stereocenters. The highest BCUT2D eigenvalue weighted by Crippen LogP contribution is 2.64. The lowest BCUT2D eigenvalue weighted by Gasteiger charge is -2.60. The van der Waals surface area contributed by atoms with Gasteiger partial charge in [-0.3, -0.25) is 0 Å². The molecule has 0 aromatic carbocycles.